The predicted octanol–water partition coefficient (Wildman–Crippen LogP) is 3.60. The Morgan fingerprint density at radius 1 is 1.09 bits per heavy atom. The summed E-state index contributed by atoms with van der Waals surface area (Å²) in [4.78, 5) is 2.11. The van der Waals surface area contributed by atoms with Crippen LogP contribution in [0.3, 0.4) is 0 Å². The molecule has 2 rings (SSSR count). The molecule has 2 aromatic carbocycles. The van der Waals surface area contributed by atoms with Gasteiger partial charge in [-0.2, -0.15) is 0 Å². The van der Waals surface area contributed by atoms with Crippen LogP contribution in [0.2, 0.25) is 0 Å². The Bertz CT molecular complexity index is 574. The maximum atomic E-state index is 5.61. The normalized spacial score (nSPS) is 11.7. The fourth-order valence-electron chi connectivity index (χ4n) is 2.23. The molecule has 0 aliphatic heterocycles. The number of thiocarbonyl (C=S) groups is 1. The third-order valence-electron chi connectivity index (χ3n) is 3.28. The Kier molecular flexibility index (Phi) is 6.37. The third-order valence-corrected chi connectivity index (χ3v) is 3.62. The van der Waals surface area contributed by atoms with Crippen LogP contribution in [-0.2, 0) is 11.3 Å². The first-order valence-electron chi connectivity index (χ1n) is 7.36. The van der Waals surface area contributed by atoms with Crippen LogP contribution in [0.1, 0.15) is 12.5 Å². The lowest BCUT2D eigenvalue weighted by atomic mass is 10.2. The molecule has 0 saturated heterocycles. The number of benzene rings is 2. The van der Waals surface area contributed by atoms with Gasteiger partial charge in [0.15, 0.2) is 5.11 Å². The van der Waals surface area contributed by atoms with Gasteiger partial charge in [0, 0.05) is 18.8 Å². The first-order chi connectivity index (χ1) is 10.7. The summed E-state index contributed by atoms with van der Waals surface area (Å²) >= 11 is 5.61. The highest BCUT2D eigenvalue weighted by molar-refractivity contribution is 7.80. The minimum atomic E-state index is 0.166. The number of methoxy groups -OCH3 is 1. The molecule has 22 heavy (non-hydrogen) atoms. The molecule has 1 N–H and O–H groups in total. The second kappa shape index (κ2) is 8.51. The molecule has 1 unspecified atom stereocenters. The Labute approximate surface area is 137 Å². The molecule has 0 fully saturated rings. The minimum absolute atomic E-state index is 0.166. The minimum Gasteiger partial charge on any atom is -0.383 e. The highest BCUT2D eigenvalue weighted by Crippen LogP contribution is 2.17. The summed E-state index contributed by atoms with van der Waals surface area (Å²) in [5.74, 6) is 0. The zero-order valence-corrected chi connectivity index (χ0v) is 13.8. The van der Waals surface area contributed by atoms with Gasteiger partial charge in [-0.15, -0.1) is 0 Å². The van der Waals surface area contributed by atoms with Gasteiger partial charge in [-0.3, -0.25) is 0 Å². The van der Waals surface area contributed by atoms with Gasteiger partial charge in [-0.05, 0) is 36.8 Å². The maximum absolute atomic E-state index is 5.61. The van der Waals surface area contributed by atoms with Crippen molar-refractivity contribution < 1.29 is 4.74 Å². The second-order valence-corrected chi connectivity index (χ2v) is 5.60. The van der Waals surface area contributed by atoms with Crippen LogP contribution in [-0.4, -0.2) is 24.9 Å². The van der Waals surface area contributed by atoms with Crippen molar-refractivity contribution in [2.45, 2.75) is 19.5 Å². The summed E-state index contributed by atoms with van der Waals surface area (Å²) in [6, 6.07) is 20.7. The SMILES string of the molecule is COCC(C)NC(=S)N(Cc1ccccc1)c1ccccc1. The summed E-state index contributed by atoms with van der Waals surface area (Å²) in [5.41, 5.74) is 2.29. The lowest BCUT2D eigenvalue weighted by Crippen LogP contribution is -2.45. The number of rotatable bonds is 6. The molecule has 0 radical (unpaired) electrons. The van der Waals surface area contributed by atoms with E-state index in [0.29, 0.717) is 11.7 Å². The van der Waals surface area contributed by atoms with Crippen molar-refractivity contribution >= 4 is 23.0 Å². The number of nitrogens with one attached hydrogen (secondary N) is 1. The average molecular weight is 314 g/mol. The van der Waals surface area contributed by atoms with Gasteiger partial charge in [0.2, 0.25) is 0 Å². The molecule has 0 aliphatic rings. The Morgan fingerprint density at radius 2 is 1.68 bits per heavy atom. The molecular formula is C18H22N2OS. The van der Waals surface area contributed by atoms with E-state index < -0.39 is 0 Å². The van der Waals surface area contributed by atoms with E-state index in [2.05, 4.69) is 41.4 Å². The van der Waals surface area contributed by atoms with Gasteiger partial charge < -0.3 is 15.0 Å². The van der Waals surface area contributed by atoms with Crippen LogP contribution in [0.15, 0.2) is 60.7 Å². The number of anilines is 1. The van der Waals surface area contributed by atoms with Gasteiger partial charge in [-0.1, -0.05) is 48.5 Å². The highest BCUT2D eigenvalue weighted by Gasteiger charge is 2.14. The lowest BCUT2D eigenvalue weighted by Gasteiger charge is -2.28. The van der Waals surface area contributed by atoms with E-state index in [1.54, 1.807) is 7.11 Å². The van der Waals surface area contributed by atoms with E-state index in [0.717, 1.165) is 12.2 Å². The van der Waals surface area contributed by atoms with Gasteiger partial charge in [0.1, 0.15) is 0 Å². The average Bonchev–Trinajstić information content (AvgIpc) is 2.54. The monoisotopic (exact) mass is 314 g/mol. The second-order valence-electron chi connectivity index (χ2n) is 5.21. The number of hydrogen-bond acceptors (Lipinski definition) is 2. The molecule has 0 heterocycles. The molecule has 1 atom stereocenters. The molecule has 116 valence electrons. The topological polar surface area (TPSA) is 24.5 Å². The van der Waals surface area contributed by atoms with Crippen molar-refractivity contribution in [1.29, 1.82) is 0 Å². The summed E-state index contributed by atoms with van der Waals surface area (Å²) in [5, 5.41) is 4.04. The molecular weight excluding hydrogens is 292 g/mol. The zero-order chi connectivity index (χ0) is 15.8. The van der Waals surface area contributed by atoms with Crippen molar-refractivity contribution in [1.82, 2.24) is 5.32 Å². The van der Waals surface area contributed by atoms with Crippen molar-refractivity contribution in [2.75, 3.05) is 18.6 Å². The van der Waals surface area contributed by atoms with Gasteiger partial charge in [0.25, 0.3) is 0 Å². The molecule has 0 bridgehead atoms. The zero-order valence-electron chi connectivity index (χ0n) is 13.0. The van der Waals surface area contributed by atoms with E-state index in [1.165, 1.54) is 5.56 Å². The smallest absolute Gasteiger partial charge is 0.174 e. The standard InChI is InChI=1S/C18H22N2OS/c1-15(14-21-2)19-18(22)20(17-11-7-4-8-12-17)13-16-9-5-3-6-10-16/h3-12,15H,13-14H2,1-2H3,(H,19,22). The van der Waals surface area contributed by atoms with Crippen molar-refractivity contribution in [3.05, 3.63) is 66.2 Å². The van der Waals surface area contributed by atoms with E-state index >= 15 is 0 Å². The first kappa shape index (κ1) is 16.5. The van der Waals surface area contributed by atoms with Crippen LogP contribution in [0, 0.1) is 0 Å². The maximum Gasteiger partial charge on any atom is 0.174 e. The molecule has 0 amide bonds. The highest BCUT2D eigenvalue weighted by atomic mass is 32.1. The molecule has 4 heteroatoms. The van der Waals surface area contributed by atoms with Crippen LogP contribution in [0.5, 0.6) is 0 Å². The summed E-state index contributed by atoms with van der Waals surface area (Å²) < 4.78 is 5.17. The van der Waals surface area contributed by atoms with Gasteiger partial charge >= 0.3 is 0 Å². The quantitative estimate of drug-likeness (QED) is 0.823. The van der Waals surface area contributed by atoms with E-state index in [1.807, 2.05) is 36.4 Å². The Hall–Kier alpha value is -1.91. The molecule has 3 nitrogen and oxygen atoms in total. The van der Waals surface area contributed by atoms with E-state index in [4.69, 9.17) is 17.0 Å². The van der Waals surface area contributed by atoms with Crippen LogP contribution >= 0.6 is 12.2 Å². The van der Waals surface area contributed by atoms with Crippen molar-refractivity contribution in [3.63, 3.8) is 0 Å². The number of ether oxygens (including phenoxy) is 1. The van der Waals surface area contributed by atoms with Gasteiger partial charge in [0.05, 0.1) is 13.2 Å². The first-order valence-corrected chi connectivity index (χ1v) is 7.77. The summed E-state index contributed by atoms with van der Waals surface area (Å²) in [6.45, 7) is 3.41. The number of para-hydroxylation sites is 1. The number of hydrogen-bond donors (Lipinski definition) is 1. The largest absolute Gasteiger partial charge is 0.383 e. The fraction of sp³-hybridized carbons (Fsp3) is 0.278. The van der Waals surface area contributed by atoms with E-state index in [9.17, 15) is 0 Å². The lowest BCUT2D eigenvalue weighted by molar-refractivity contribution is 0.179. The predicted molar refractivity (Wildman–Crippen MR) is 96.1 cm³/mol. The van der Waals surface area contributed by atoms with Crippen LogP contribution < -0.4 is 10.2 Å². The Morgan fingerprint density at radius 3 is 2.27 bits per heavy atom. The van der Waals surface area contributed by atoms with Crippen molar-refractivity contribution in [3.8, 4) is 0 Å². The van der Waals surface area contributed by atoms with Crippen LogP contribution in [0.4, 0.5) is 5.69 Å². The van der Waals surface area contributed by atoms with Gasteiger partial charge in [-0.25, -0.2) is 0 Å². The molecule has 0 saturated carbocycles. The number of nitrogens with zero attached hydrogens (tertiary/aromatic N) is 1. The van der Waals surface area contributed by atoms with Crippen LogP contribution in [0.25, 0.3) is 0 Å². The van der Waals surface area contributed by atoms with E-state index in [-0.39, 0.29) is 6.04 Å². The fourth-order valence-corrected chi connectivity index (χ4v) is 2.61. The summed E-state index contributed by atoms with van der Waals surface area (Å²) in [7, 11) is 1.69. The molecule has 2 aromatic rings. The molecule has 0 spiro atoms. The Balaban J connectivity index is 2.16. The third kappa shape index (κ3) is 4.83. The van der Waals surface area contributed by atoms with Crippen molar-refractivity contribution in [2.24, 2.45) is 0 Å². The molecule has 0 aromatic heterocycles. The molecule has 0 aliphatic carbocycles. The summed E-state index contributed by atoms with van der Waals surface area (Å²) in [6.07, 6.45) is 0.